The predicted octanol–water partition coefficient (Wildman–Crippen LogP) is -0.601. The molecule has 1 saturated heterocycles. The lowest BCUT2D eigenvalue weighted by molar-refractivity contribution is 0.0322. The summed E-state index contributed by atoms with van der Waals surface area (Å²) >= 11 is 0. The highest BCUT2D eigenvalue weighted by Crippen LogP contribution is 2.27. The first-order valence-electron chi connectivity index (χ1n) is 4.29. The minimum atomic E-state index is -0.878. The van der Waals surface area contributed by atoms with Crippen molar-refractivity contribution in [1.29, 1.82) is 0 Å². The van der Waals surface area contributed by atoms with Crippen molar-refractivity contribution >= 4 is 0 Å². The van der Waals surface area contributed by atoms with Crippen molar-refractivity contribution in [2.75, 3.05) is 13.1 Å². The molecule has 0 radical (unpaired) electrons. The number of rotatable bonds is 2. The van der Waals surface area contributed by atoms with E-state index in [-0.39, 0.29) is 0 Å². The molecule has 72 valence electrons. The van der Waals surface area contributed by atoms with Crippen molar-refractivity contribution < 1.29 is 9.52 Å². The van der Waals surface area contributed by atoms with E-state index in [9.17, 15) is 5.11 Å². The zero-order chi connectivity index (χ0) is 9.31. The van der Waals surface area contributed by atoms with Gasteiger partial charge < -0.3 is 20.6 Å². The molecule has 0 aromatic carbocycles. The summed E-state index contributed by atoms with van der Waals surface area (Å²) < 4.78 is 4.82. The summed E-state index contributed by atoms with van der Waals surface area (Å²) in [6.07, 6.45) is 3.45. The van der Waals surface area contributed by atoms with Gasteiger partial charge in [-0.15, -0.1) is 0 Å². The molecule has 2 atom stereocenters. The summed E-state index contributed by atoms with van der Waals surface area (Å²) in [4.78, 5) is 3.93. The molecule has 0 saturated carbocycles. The first-order valence-corrected chi connectivity index (χ1v) is 4.29. The van der Waals surface area contributed by atoms with Gasteiger partial charge in [-0.3, -0.25) is 0 Å². The molecule has 4 N–H and O–H groups in total. The van der Waals surface area contributed by atoms with Gasteiger partial charge in [-0.05, 0) is 13.0 Å². The Morgan fingerprint density at radius 1 is 1.77 bits per heavy atom. The van der Waals surface area contributed by atoms with Gasteiger partial charge in [-0.1, -0.05) is 0 Å². The third kappa shape index (κ3) is 1.46. The molecule has 0 aliphatic carbocycles. The standard InChI is InChI=1S/C8H13N3O2/c9-7(6-3-13-5-11-6)8(12)1-2-10-4-8/h3,5,7,10,12H,1-2,4,9H2. The minimum absolute atomic E-state index is 0.471. The Bertz CT molecular complexity index is 267. The van der Waals surface area contributed by atoms with E-state index in [1.807, 2.05) is 0 Å². The Balaban J connectivity index is 2.16. The second-order valence-corrected chi connectivity index (χ2v) is 3.42. The monoisotopic (exact) mass is 183 g/mol. The number of nitrogens with one attached hydrogen (secondary N) is 1. The molecule has 13 heavy (non-hydrogen) atoms. The van der Waals surface area contributed by atoms with E-state index in [1.165, 1.54) is 12.7 Å². The van der Waals surface area contributed by atoms with Crippen LogP contribution in [-0.4, -0.2) is 28.8 Å². The van der Waals surface area contributed by atoms with Crippen LogP contribution in [0.25, 0.3) is 0 Å². The molecule has 0 bridgehead atoms. The molecule has 2 rings (SSSR count). The second kappa shape index (κ2) is 3.10. The van der Waals surface area contributed by atoms with Crippen molar-refractivity contribution in [3.8, 4) is 0 Å². The molecule has 5 heteroatoms. The van der Waals surface area contributed by atoms with Crippen molar-refractivity contribution in [3.63, 3.8) is 0 Å². The van der Waals surface area contributed by atoms with Gasteiger partial charge in [-0.25, -0.2) is 4.98 Å². The number of nitrogens with zero attached hydrogens (tertiary/aromatic N) is 1. The molecule has 2 unspecified atom stereocenters. The number of β-amino-alcohol motifs (C(OH)–C–C–N with tert-alkyl or cyclic N) is 1. The van der Waals surface area contributed by atoms with Crippen LogP contribution in [0.3, 0.4) is 0 Å². The lowest BCUT2D eigenvalue weighted by Crippen LogP contribution is -2.43. The third-order valence-corrected chi connectivity index (χ3v) is 2.51. The number of aliphatic hydroxyl groups is 1. The van der Waals surface area contributed by atoms with E-state index >= 15 is 0 Å². The van der Waals surface area contributed by atoms with Crippen molar-refractivity contribution in [3.05, 3.63) is 18.4 Å². The first kappa shape index (κ1) is 8.68. The summed E-state index contributed by atoms with van der Waals surface area (Å²) in [5.41, 5.74) is 5.59. The first-order chi connectivity index (χ1) is 6.22. The van der Waals surface area contributed by atoms with E-state index in [2.05, 4.69) is 10.3 Å². The van der Waals surface area contributed by atoms with Gasteiger partial charge in [-0.2, -0.15) is 0 Å². The van der Waals surface area contributed by atoms with E-state index in [0.29, 0.717) is 18.7 Å². The fourth-order valence-electron chi connectivity index (χ4n) is 1.61. The number of hydrogen-bond donors (Lipinski definition) is 3. The minimum Gasteiger partial charge on any atom is -0.451 e. The average Bonchev–Trinajstić information content (AvgIpc) is 2.73. The summed E-state index contributed by atoms with van der Waals surface area (Å²) in [6, 6.07) is -0.471. The highest BCUT2D eigenvalue weighted by atomic mass is 16.3. The van der Waals surface area contributed by atoms with Gasteiger partial charge in [0.05, 0.1) is 17.3 Å². The van der Waals surface area contributed by atoms with Gasteiger partial charge in [0.25, 0.3) is 0 Å². The SMILES string of the molecule is NC(c1cocn1)C1(O)CCNC1. The fraction of sp³-hybridized carbons (Fsp3) is 0.625. The molecular weight excluding hydrogens is 170 g/mol. The van der Waals surface area contributed by atoms with E-state index in [1.54, 1.807) is 0 Å². The maximum atomic E-state index is 10.1. The molecule has 0 spiro atoms. The van der Waals surface area contributed by atoms with Crippen LogP contribution in [0.1, 0.15) is 18.2 Å². The Labute approximate surface area is 75.9 Å². The van der Waals surface area contributed by atoms with Crippen LogP contribution in [0, 0.1) is 0 Å². The quantitative estimate of drug-likeness (QED) is 0.570. The molecule has 1 aliphatic heterocycles. The van der Waals surface area contributed by atoms with Crippen molar-refractivity contribution in [1.82, 2.24) is 10.3 Å². The van der Waals surface area contributed by atoms with Crippen LogP contribution in [0.15, 0.2) is 17.1 Å². The molecule has 5 nitrogen and oxygen atoms in total. The topological polar surface area (TPSA) is 84.3 Å². The lowest BCUT2D eigenvalue weighted by Gasteiger charge is -2.26. The van der Waals surface area contributed by atoms with Crippen LogP contribution in [0.5, 0.6) is 0 Å². The van der Waals surface area contributed by atoms with Crippen LogP contribution in [0.4, 0.5) is 0 Å². The van der Waals surface area contributed by atoms with Crippen molar-refractivity contribution in [2.45, 2.75) is 18.1 Å². The van der Waals surface area contributed by atoms with Crippen LogP contribution < -0.4 is 11.1 Å². The molecule has 0 amide bonds. The molecule has 1 fully saturated rings. The molecule has 1 aromatic rings. The molecular formula is C8H13N3O2. The highest BCUT2D eigenvalue weighted by molar-refractivity contribution is 5.09. The summed E-state index contributed by atoms with van der Waals surface area (Å²) in [5, 5.41) is 13.1. The zero-order valence-corrected chi connectivity index (χ0v) is 7.23. The smallest absolute Gasteiger partial charge is 0.180 e. The molecule has 1 aliphatic rings. The van der Waals surface area contributed by atoms with Gasteiger partial charge >= 0.3 is 0 Å². The number of aromatic nitrogens is 1. The Morgan fingerprint density at radius 3 is 3.15 bits per heavy atom. The Kier molecular flexibility index (Phi) is 2.07. The number of hydrogen-bond acceptors (Lipinski definition) is 5. The van der Waals surface area contributed by atoms with E-state index in [0.717, 1.165) is 6.54 Å². The van der Waals surface area contributed by atoms with Crippen LogP contribution in [-0.2, 0) is 0 Å². The third-order valence-electron chi connectivity index (χ3n) is 2.51. The second-order valence-electron chi connectivity index (χ2n) is 3.42. The largest absolute Gasteiger partial charge is 0.451 e. The lowest BCUT2D eigenvalue weighted by atomic mass is 9.92. The highest BCUT2D eigenvalue weighted by Gasteiger charge is 2.39. The van der Waals surface area contributed by atoms with Gasteiger partial charge in [0.1, 0.15) is 6.26 Å². The maximum absolute atomic E-state index is 10.1. The van der Waals surface area contributed by atoms with E-state index < -0.39 is 11.6 Å². The normalized spacial score (nSPS) is 30.6. The van der Waals surface area contributed by atoms with Crippen molar-refractivity contribution in [2.24, 2.45) is 5.73 Å². The summed E-state index contributed by atoms with van der Waals surface area (Å²) in [7, 11) is 0. The molecule has 2 heterocycles. The number of oxazole rings is 1. The average molecular weight is 183 g/mol. The summed E-state index contributed by atoms with van der Waals surface area (Å²) in [5.74, 6) is 0. The number of nitrogens with two attached hydrogens (primary N) is 1. The Morgan fingerprint density at radius 2 is 2.62 bits per heavy atom. The fourth-order valence-corrected chi connectivity index (χ4v) is 1.61. The van der Waals surface area contributed by atoms with Gasteiger partial charge in [0, 0.05) is 6.54 Å². The maximum Gasteiger partial charge on any atom is 0.180 e. The Hall–Kier alpha value is -0.910. The predicted molar refractivity (Wildman–Crippen MR) is 45.9 cm³/mol. The van der Waals surface area contributed by atoms with Crippen LogP contribution >= 0.6 is 0 Å². The molecule has 1 aromatic heterocycles. The van der Waals surface area contributed by atoms with Gasteiger partial charge in [0.2, 0.25) is 0 Å². The van der Waals surface area contributed by atoms with Crippen LogP contribution in [0.2, 0.25) is 0 Å². The van der Waals surface area contributed by atoms with Gasteiger partial charge in [0.15, 0.2) is 6.39 Å². The zero-order valence-electron chi connectivity index (χ0n) is 7.23. The van der Waals surface area contributed by atoms with E-state index in [4.69, 9.17) is 10.2 Å². The summed E-state index contributed by atoms with van der Waals surface area (Å²) in [6.45, 7) is 1.31.